The van der Waals surface area contributed by atoms with Crippen molar-refractivity contribution in [2.45, 2.75) is 162 Å². The molecule has 187 valence electrons. The van der Waals surface area contributed by atoms with Crippen LogP contribution >= 0.6 is 0 Å². The van der Waals surface area contributed by atoms with Gasteiger partial charge in [-0.2, -0.15) is 0 Å². The average molecular weight is 444 g/mol. The lowest BCUT2D eigenvalue weighted by molar-refractivity contribution is -0.137. The van der Waals surface area contributed by atoms with Gasteiger partial charge < -0.3 is 14.6 Å². The van der Waals surface area contributed by atoms with E-state index < -0.39 is 5.97 Å². The van der Waals surface area contributed by atoms with Gasteiger partial charge in [-0.25, -0.2) is 0 Å². The molecule has 4 heteroatoms. The Balaban J connectivity index is 0. The van der Waals surface area contributed by atoms with Gasteiger partial charge in [0.05, 0.1) is 12.2 Å². The van der Waals surface area contributed by atoms with Gasteiger partial charge in [-0.1, -0.05) is 111 Å². The van der Waals surface area contributed by atoms with Crippen molar-refractivity contribution in [1.82, 2.24) is 0 Å². The number of aliphatic carboxylic acids is 1. The summed E-state index contributed by atoms with van der Waals surface area (Å²) in [5.41, 5.74) is 0. The summed E-state index contributed by atoms with van der Waals surface area (Å²) in [6.07, 6.45) is 20.6. The lowest BCUT2D eigenvalue weighted by Crippen LogP contribution is -2.13. The van der Waals surface area contributed by atoms with E-state index in [0.717, 1.165) is 25.7 Å². The van der Waals surface area contributed by atoms with Crippen LogP contribution in [0, 0.1) is 6.92 Å². The smallest absolute Gasteiger partial charge is 0.303 e. The highest BCUT2D eigenvalue weighted by atomic mass is 16.7. The van der Waals surface area contributed by atoms with Crippen LogP contribution in [0.3, 0.4) is 0 Å². The Bertz CT molecular complexity index is 345. The molecule has 1 heterocycles. The Kier molecular flexibility index (Phi) is 26.9. The summed E-state index contributed by atoms with van der Waals surface area (Å²) in [6, 6.07) is 0. The number of carbonyl (C=O) groups is 1. The molecule has 2 atom stereocenters. The largest absolute Gasteiger partial charge is 0.481 e. The third kappa shape index (κ3) is 25.5. The molecule has 31 heavy (non-hydrogen) atoms. The molecule has 2 unspecified atom stereocenters. The van der Waals surface area contributed by atoms with E-state index in [1.165, 1.54) is 77.0 Å². The van der Waals surface area contributed by atoms with Crippen LogP contribution in [-0.2, 0) is 14.3 Å². The minimum absolute atomic E-state index is 0.0712. The molecule has 1 N–H and O–H groups in total. The topological polar surface area (TPSA) is 55.8 Å². The number of carboxylic acids is 1. The molecule has 0 aromatic heterocycles. The van der Waals surface area contributed by atoms with Gasteiger partial charge >= 0.3 is 5.97 Å². The van der Waals surface area contributed by atoms with E-state index in [2.05, 4.69) is 41.5 Å². The highest BCUT2D eigenvalue weighted by Crippen LogP contribution is 2.22. The van der Waals surface area contributed by atoms with Crippen molar-refractivity contribution in [3.05, 3.63) is 6.92 Å². The predicted octanol–water partition coefficient (Wildman–Crippen LogP) is 8.72. The maximum absolute atomic E-state index is 10.1. The van der Waals surface area contributed by atoms with E-state index in [9.17, 15) is 4.79 Å². The molecule has 0 aliphatic carbocycles. The number of carboxylic acid groups (broad SMARTS) is 1. The van der Waals surface area contributed by atoms with E-state index in [4.69, 9.17) is 14.6 Å². The molecule has 0 bridgehead atoms. The molecule has 1 fully saturated rings. The minimum Gasteiger partial charge on any atom is -0.481 e. The zero-order valence-corrected chi connectivity index (χ0v) is 21.6. The molecule has 0 amide bonds. The third-order valence-corrected chi connectivity index (χ3v) is 5.54. The van der Waals surface area contributed by atoms with Crippen molar-refractivity contribution in [2.75, 3.05) is 0 Å². The van der Waals surface area contributed by atoms with Gasteiger partial charge in [0.2, 0.25) is 0 Å². The first kappa shape index (κ1) is 32.6. The molecule has 1 saturated heterocycles. The highest BCUT2D eigenvalue weighted by Gasteiger charge is 2.28. The van der Waals surface area contributed by atoms with Crippen LogP contribution in [0.1, 0.15) is 144 Å². The van der Waals surface area contributed by atoms with Gasteiger partial charge in [-0.15, -0.1) is 0 Å². The molecular weight excluding hydrogens is 388 g/mol. The third-order valence-electron chi connectivity index (χ3n) is 5.54. The Morgan fingerprint density at radius 2 is 1.13 bits per heavy atom. The van der Waals surface area contributed by atoms with Crippen molar-refractivity contribution in [2.24, 2.45) is 0 Å². The van der Waals surface area contributed by atoms with E-state index in [0.29, 0.717) is 6.42 Å². The van der Waals surface area contributed by atoms with E-state index in [1.54, 1.807) is 0 Å². The first-order chi connectivity index (χ1) is 14.9. The minimum atomic E-state index is -0.663. The van der Waals surface area contributed by atoms with Crippen molar-refractivity contribution < 1.29 is 19.4 Å². The van der Waals surface area contributed by atoms with Crippen LogP contribution < -0.4 is 0 Å². The number of rotatable bonds is 16. The van der Waals surface area contributed by atoms with Crippen LogP contribution in [0.5, 0.6) is 0 Å². The maximum atomic E-state index is 10.1. The standard InChI is InChI=1S/C11H22O2.C10H20O2.C6H13/c1-4-5-6-7-8-11-12-9(2)10(3)13-11;1-2-3-4-5-6-7-8-9-10(11)12;1-3-5-6-4-2/h9-11H,4-8H2,1-3H3;2-9H2,1H3,(H,11,12);1,3-6H2,2H3. The number of hydrogen-bond acceptors (Lipinski definition) is 3. The maximum Gasteiger partial charge on any atom is 0.303 e. The molecular formula is C27H55O4. The van der Waals surface area contributed by atoms with E-state index in [-0.39, 0.29) is 18.5 Å². The lowest BCUT2D eigenvalue weighted by Gasteiger charge is -2.08. The Morgan fingerprint density at radius 3 is 1.55 bits per heavy atom. The van der Waals surface area contributed by atoms with Gasteiger partial charge in [0, 0.05) is 6.42 Å². The average Bonchev–Trinajstić information content (AvgIpc) is 3.07. The fraction of sp³-hybridized carbons (Fsp3) is 0.926. The fourth-order valence-corrected chi connectivity index (χ4v) is 3.27. The second-order valence-electron chi connectivity index (χ2n) is 8.79. The molecule has 1 radical (unpaired) electrons. The number of ether oxygens (including phenoxy) is 2. The Hall–Kier alpha value is -0.610. The van der Waals surface area contributed by atoms with Gasteiger partial charge in [0.1, 0.15) is 0 Å². The van der Waals surface area contributed by atoms with Crippen LogP contribution in [0.15, 0.2) is 0 Å². The summed E-state index contributed by atoms with van der Waals surface area (Å²) in [6.45, 7) is 14.5. The quantitative estimate of drug-likeness (QED) is 0.242. The summed E-state index contributed by atoms with van der Waals surface area (Å²) in [7, 11) is 0. The zero-order valence-electron chi connectivity index (χ0n) is 21.6. The first-order valence-electron chi connectivity index (χ1n) is 13.2. The van der Waals surface area contributed by atoms with E-state index in [1.807, 2.05) is 0 Å². The molecule has 0 aromatic carbocycles. The fourth-order valence-electron chi connectivity index (χ4n) is 3.27. The number of unbranched alkanes of at least 4 members (excludes halogenated alkanes) is 12. The molecule has 1 rings (SSSR count). The summed E-state index contributed by atoms with van der Waals surface area (Å²) in [4.78, 5) is 10.1. The van der Waals surface area contributed by atoms with Crippen molar-refractivity contribution >= 4 is 5.97 Å². The molecule has 4 nitrogen and oxygen atoms in total. The second-order valence-corrected chi connectivity index (χ2v) is 8.79. The molecule has 0 spiro atoms. The first-order valence-corrected chi connectivity index (χ1v) is 13.2. The van der Waals surface area contributed by atoms with Gasteiger partial charge in [-0.05, 0) is 33.1 Å². The Morgan fingerprint density at radius 1 is 0.710 bits per heavy atom. The van der Waals surface area contributed by atoms with Crippen LogP contribution in [0.25, 0.3) is 0 Å². The summed E-state index contributed by atoms with van der Waals surface area (Å²) < 4.78 is 11.3. The monoisotopic (exact) mass is 443 g/mol. The lowest BCUT2D eigenvalue weighted by atomic mass is 10.1. The molecule has 0 saturated carbocycles. The SMILES string of the molecule is CCCCCCC1OC(C)C(C)O1.CCCCCCCCCC(=O)O.[CH2]CCCCC. The van der Waals surface area contributed by atoms with Crippen molar-refractivity contribution in [3.63, 3.8) is 0 Å². The van der Waals surface area contributed by atoms with Gasteiger partial charge in [0.25, 0.3) is 0 Å². The van der Waals surface area contributed by atoms with Crippen molar-refractivity contribution in [3.8, 4) is 0 Å². The second kappa shape index (κ2) is 25.6. The normalized spacial score (nSPS) is 19.9. The summed E-state index contributed by atoms with van der Waals surface area (Å²) in [5.74, 6) is -0.663. The highest BCUT2D eigenvalue weighted by molar-refractivity contribution is 5.66. The zero-order chi connectivity index (χ0) is 23.7. The predicted molar refractivity (Wildman–Crippen MR) is 133 cm³/mol. The summed E-state index contributed by atoms with van der Waals surface area (Å²) >= 11 is 0. The van der Waals surface area contributed by atoms with Crippen LogP contribution in [0.4, 0.5) is 0 Å². The van der Waals surface area contributed by atoms with Crippen LogP contribution in [-0.4, -0.2) is 29.6 Å². The molecule has 0 aromatic rings. The molecule has 1 aliphatic heterocycles. The number of hydrogen-bond donors (Lipinski definition) is 1. The van der Waals surface area contributed by atoms with Gasteiger partial charge in [-0.3, -0.25) is 4.79 Å². The summed E-state index contributed by atoms with van der Waals surface area (Å²) in [5, 5.41) is 8.35. The van der Waals surface area contributed by atoms with Crippen molar-refractivity contribution in [1.29, 1.82) is 0 Å². The Labute approximate surface area is 194 Å². The van der Waals surface area contributed by atoms with E-state index >= 15 is 0 Å². The van der Waals surface area contributed by atoms with Crippen LogP contribution in [0.2, 0.25) is 0 Å². The molecule has 1 aliphatic rings. The van der Waals surface area contributed by atoms with Gasteiger partial charge in [0.15, 0.2) is 6.29 Å².